The fraction of sp³-hybridized carbons (Fsp3) is 0.130. The van der Waals surface area contributed by atoms with Crippen molar-refractivity contribution in [1.29, 1.82) is 0 Å². The van der Waals surface area contributed by atoms with Crippen LogP contribution >= 0.6 is 11.8 Å². The first-order chi connectivity index (χ1) is 13.9. The first-order valence-corrected chi connectivity index (χ1v) is 10.2. The molecule has 0 spiro atoms. The molecule has 4 aromatic rings. The van der Waals surface area contributed by atoms with Crippen molar-refractivity contribution < 1.29 is 4.74 Å². The molecule has 0 aliphatic heterocycles. The zero-order chi connectivity index (χ0) is 19.0. The normalized spacial score (nSPS) is 10.7. The van der Waals surface area contributed by atoms with Gasteiger partial charge in [0.05, 0.1) is 6.61 Å². The van der Waals surface area contributed by atoms with Crippen LogP contribution in [-0.2, 0) is 6.42 Å². The number of aromatic nitrogens is 3. The predicted molar refractivity (Wildman–Crippen MR) is 113 cm³/mol. The topological polar surface area (TPSA) is 39.9 Å². The van der Waals surface area contributed by atoms with Gasteiger partial charge in [-0.25, -0.2) is 0 Å². The number of thioether (sulfide) groups is 1. The molecule has 0 fully saturated rings. The summed E-state index contributed by atoms with van der Waals surface area (Å²) < 4.78 is 7.94. The van der Waals surface area contributed by atoms with E-state index in [-0.39, 0.29) is 0 Å². The van der Waals surface area contributed by atoms with Gasteiger partial charge in [-0.15, -0.1) is 10.2 Å². The summed E-state index contributed by atoms with van der Waals surface area (Å²) in [5.74, 6) is 2.62. The highest BCUT2D eigenvalue weighted by Gasteiger charge is 2.14. The van der Waals surface area contributed by atoms with E-state index in [9.17, 15) is 0 Å². The van der Waals surface area contributed by atoms with Crippen LogP contribution < -0.4 is 4.74 Å². The van der Waals surface area contributed by atoms with Crippen LogP contribution in [0.5, 0.6) is 5.75 Å². The Hall–Kier alpha value is -3.05. The maximum absolute atomic E-state index is 5.80. The molecule has 0 saturated heterocycles. The molecule has 0 N–H and O–H groups in total. The Morgan fingerprint density at radius 2 is 1.39 bits per heavy atom. The zero-order valence-electron chi connectivity index (χ0n) is 15.4. The van der Waals surface area contributed by atoms with E-state index < -0.39 is 0 Å². The lowest BCUT2D eigenvalue weighted by atomic mass is 10.1. The fourth-order valence-corrected chi connectivity index (χ4v) is 3.72. The summed E-state index contributed by atoms with van der Waals surface area (Å²) >= 11 is 1.66. The van der Waals surface area contributed by atoms with Crippen molar-refractivity contribution in [2.45, 2.75) is 11.6 Å². The second-order valence-electron chi connectivity index (χ2n) is 6.24. The lowest BCUT2D eigenvalue weighted by Gasteiger charge is -2.10. The minimum absolute atomic E-state index is 0.615. The van der Waals surface area contributed by atoms with Gasteiger partial charge < -0.3 is 4.74 Å². The molecule has 0 aliphatic rings. The third kappa shape index (κ3) is 4.61. The molecular weight excluding hydrogens is 366 g/mol. The van der Waals surface area contributed by atoms with Crippen molar-refractivity contribution in [2.24, 2.45) is 0 Å². The third-order valence-corrected chi connectivity index (χ3v) is 5.14. The summed E-state index contributed by atoms with van der Waals surface area (Å²) in [6.07, 6.45) is 0.740. The number of ether oxygens (including phenoxy) is 1. The van der Waals surface area contributed by atoms with Gasteiger partial charge in [0.1, 0.15) is 11.6 Å². The van der Waals surface area contributed by atoms with Gasteiger partial charge in [-0.2, -0.15) is 0 Å². The first kappa shape index (κ1) is 18.3. The molecule has 0 radical (unpaired) electrons. The minimum atomic E-state index is 0.615. The van der Waals surface area contributed by atoms with Crippen molar-refractivity contribution in [3.8, 4) is 11.4 Å². The number of nitrogens with zero attached hydrogens (tertiary/aromatic N) is 3. The molecule has 0 bridgehead atoms. The molecule has 0 unspecified atom stereocenters. The van der Waals surface area contributed by atoms with Crippen molar-refractivity contribution in [1.82, 2.24) is 14.8 Å². The maximum atomic E-state index is 5.80. The van der Waals surface area contributed by atoms with Crippen LogP contribution in [0.3, 0.4) is 0 Å². The fourth-order valence-electron chi connectivity index (χ4n) is 2.93. The van der Waals surface area contributed by atoms with E-state index in [1.807, 2.05) is 54.6 Å². The number of hydrogen-bond acceptors (Lipinski definition) is 4. The summed E-state index contributed by atoms with van der Waals surface area (Å²) in [4.78, 5) is 0. The number of para-hydroxylation sites is 2. The van der Waals surface area contributed by atoms with Gasteiger partial charge in [0.25, 0.3) is 0 Å². The Balaban J connectivity index is 1.50. The number of hydrogen-bond donors (Lipinski definition) is 0. The molecule has 0 atom stereocenters. The van der Waals surface area contributed by atoms with E-state index in [1.165, 1.54) is 5.56 Å². The van der Waals surface area contributed by atoms with Crippen molar-refractivity contribution in [3.05, 3.63) is 102 Å². The highest BCUT2D eigenvalue weighted by molar-refractivity contribution is 7.99. The maximum Gasteiger partial charge on any atom is 0.195 e. The Morgan fingerprint density at radius 1 is 0.750 bits per heavy atom. The predicted octanol–water partition coefficient (Wildman–Crippen LogP) is 5.03. The summed E-state index contributed by atoms with van der Waals surface area (Å²) in [7, 11) is 0. The largest absolute Gasteiger partial charge is 0.493 e. The van der Waals surface area contributed by atoms with E-state index in [1.54, 1.807) is 11.8 Å². The van der Waals surface area contributed by atoms with Crippen LogP contribution in [0, 0.1) is 0 Å². The molecule has 4 nitrogen and oxygen atoms in total. The lowest BCUT2D eigenvalue weighted by Crippen LogP contribution is -2.05. The Kier molecular flexibility index (Phi) is 6.05. The summed E-state index contributed by atoms with van der Waals surface area (Å²) in [5.41, 5.74) is 2.29. The molecular formula is C23H21N3OS. The van der Waals surface area contributed by atoms with Gasteiger partial charge in [0.15, 0.2) is 5.16 Å². The van der Waals surface area contributed by atoms with Gasteiger partial charge in [-0.3, -0.25) is 4.57 Å². The Morgan fingerprint density at radius 3 is 2.11 bits per heavy atom. The average Bonchev–Trinajstić information content (AvgIpc) is 3.15. The van der Waals surface area contributed by atoms with Crippen molar-refractivity contribution >= 4 is 11.8 Å². The van der Waals surface area contributed by atoms with Crippen LogP contribution in [0.1, 0.15) is 11.4 Å². The molecule has 4 rings (SSSR count). The zero-order valence-corrected chi connectivity index (χ0v) is 16.3. The van der Waals surface area contributed by atoms with Gasteiger partial charge in [0, 0.05) is 17.9 Å². The lowest BCUT2D eigenvalue weighted by molar-refractivity contribution is 0.344. The quantitative estimate of drug-likeness (QED) is 0.314. The summed E-state index contributed by atoms with van der Waals surface area (Å²) in [5, 5.41) is 9.81. The van der Waals surface area contributed by atoms with E-state index in [2.05, 4.69) is 51.2 Å². The van der Waals surface area contributed by atoms with Crippen LogP contribution in [0.25, 0.3) is 5.69 Å². The molecule has 3 aromatic carbocycles. The van der Waals surface area contributed by atoms with Crippen LogP contribution in [-0.4, -0.2) is 27.1 Å². The molecule has 0 saturated carbocycles. The van der Waals surface area contributed by atoms with Gasteiger partial charge in [0.2, 0.25) is 0 Å². The number of rotatable bonds is 8. The molecule has 0 aliphatic carbocycles. The van der Waals surface area contributed by atoms with Crippen LogP contribution in [0.2, 0.25) is 0 Å². The second kappa shape index (κ2) is 9.24. The first-order valence-electron chi connectivity index (χ1n) is 9.24. The number of benzene rings is 3. The Bertz CT molecular complexity index is 988. The van der Waals surface area contributed by atoms with E-state index in [4.69, 9.17) is 4.74 Å². The molecule has 28 heavy (non-hydrogen) atoms. The standard InChI is InChI=1S/C23H21N3OS/c1-4-10-19(11-5-1)18-22-24-25-23(26(22)20-12-6-2-7-13-20)28-17-16-27-21-14-8-3-9-15-21/h1-15H,16-18H2. The molecule has 1 heterocycles. The molecule has 1 aromatic heterocycles. The van der Waals surface area contributed by atoms with Crippen molar-refractivity contribution in [3.63, 3.8) is 0 Å². The minimum Gasteiger partial charge on any atom is -0.493 e. The molecule has 0 amide bonds. The Labute approximate surface area is 169 Å². The molecule has 140 valence electrons. The highest BCUT2D eigenvalue weighted by atomic mass is 32.2. The van der Waals surface area contributed by atoms with E-state index in [0.717, 1.165) is 34.6 Å². The highest BCUT2D eigenvalue weighted by Crippen LogP contribution is 2.23. The SMILES string of the molecule is c1ccc(Cc2nnc(SCCOc3ccccc3)n2-c2ccccc2)cc1. The monoisotopic (exact) mass is 387 g/mol. The van der Waals surface area contributed by atoms with Crippen molar-refractivity contribution in [2.75, 3.05) is 12.4 Å². The summed E-state index contributed by atoms with van der Waals surface area (Å²) in [6.45, 7) is 0.615. The second-order valence-corrected chi connectivity index (χ2v) is 7.30. The summed E-state index contributed by atoms with van der Waals surface area (Å²) in [6, 6.07) is 30.5. The third-order valence-electron chi connectivity index (χ3n) is 4.25. The van der Waals surface area contributed by atoms with Gasteiger partial charge in [-0.05, 0) is 29.8 Å². The average molecular weight is 388 g/mol. The van der Waals surface area contributed by atoms with E-state index >= 15 is 0 Å². The van der Waals surface area contributed by atoms with Gasteiger partial charge in [-0.1, -0.05) is 78.5 Å². The van der Waals surface area contributed by atoms with E-state index in [0.29, 0.717) is 6.61 Å². The van der Waals surface area contributed by atoms with Crippen LogP contribution in [0.4, 0.5) is 0 Å². The molecule has 5 heteroatoms. The van der Waals surface area contributed by atoms with Crippen LogP contribution in [0.15, 0.2) is 96.2 Å². The smallest absolute Gasteiger partial charge is 0.195 e. The van der Waals surface area contributed by atoms with Gasteiger partial charge >= 0.3 is 0 Å².